The SMILES string of the molecule is NCCCCC(NC(=O)C(CCC(=O)O)NC(=O)C(N)CCCN=C(N)N)C(=O)NC(CCC(=O)O)C(=O)O. The Morgan fingerprint density at radius 2 is 1.15 bits per heavy atom. The first-order valence-corrected chi connectivity index (χ1v) is 12.4. The highest BCUT2D eigenvalue weighted by molar-refractivity contribution is 5.94. The van der Waals surface area contributed by atoms with E-state index in [-0.39, 0.29) is 38.3 Å². The topological polar surface area (TPSA) is 316 Å². The summed E-state index contributed by atoms with van der Waals surface area (Å²) in [5.74, 6) is -6.59. The maximum absolute atomic E-state index is 13.0. The molecule has 0 fully saturated rings. The lowest BCUT2D eigenvalue weighted by Crippen LogP contribution is -2.57. The van der Waals surface area contributed by atoms with Gasteiger partial charge in [0.15, 0.2) is 5.96 Å². The zero-order valence-electron chi connectivity index (χ0n) is 21.6. The second-order valence-electron chi connectivity index (χ2n) is 8.73. The molecule has 0 saturated carbocycles. The van der Waals surface area contributed by atoms with Crippen LogP contribution in [0.15, 0.2) is 4.99 Å². The minimum absolute atomic E-state index is 0.0456. The predicted octanol–water partition coefficient (Wildman–Crippen LogP) is -3.24. The summed E-state index contributed by atoms with van der Waals surface area (Å²) in [4.78, 5) is 75.6. The van der Waals surface area contributed by atoms with E-state index in [0.29, 0.717) is 19.3 Å². The molecule has 14 N–H and O–H groups in total. The van der Waals surface area contributed by atoms with Crippen molar-refractivity contribution in [3.05, 3.63) is 0 Å². The van der Waals surface area contributed by atoms with Crippen molar-refractivity contribution in [1.82, 2.24) is 16.0 Å². The van der Waals surface area contributed by atoms with Crippen LogP contribution < -0.4 is 38.9 Å². The number of carboxylic acids is 3. The Morgan fingerprint density at radius 3 is 1.64 bits per heavy atom. The van der Waals surface area contributed by atoms with E-state index in [1.165, 1.54) is 0 Å². The van der Waals surface area contributed by atoms with Crippen LogP contribution in [0.2, 0.25) is 0 Å². The lowest BCUT2D eigenvalue weighted by Gasteiger charge is -2.25. The van der Waals surface area contributed by atoms with Gasteiger partial charge in [-0.2, -0.15) is 0 Å². The lowest BCUT2D eigenvalue weighted by atomic mass is 10.0. The maximum Gasteiger partial charge on any atom is 0.326 e. The average Bonchev–Trinajstić information content (AvgIpc) is 2.85. The normalized spacial score (nSPS) is 13.7. The van der Waals surface area contributed by atoms with Crippen LogP contribution in [0.3, 0.4) is 0 Å². The van der Waals surface area contributed by atoms with Gasteiger partial charge in [0.2, 0.25) is 17.7 Å². The van der Waals surface area contributed by atoms with E-state index in [4.69, 9.17) is 33.1 Å². The van der Waals surface area contributed by atoms with E-state index in [1.807, 2.05) is 0 Å². The van der Waals surface area contributed by atoms with Crippen LogP contribution in [-0.4, -0.2) is 94.2 Å². The van der Waals surface area contributed by atoms with Gasteiger partial charge in [0.1, 0.15) is 18.1 Å². The molecule has 0 aromatic heterocycles. The maximum atomic E-state index is 13.0. The van der Waals surface area contributed by atoms with Crippen LogP contribution in [0.4, 0.5) is 0 Å². The fourth-order valence-electron chi connectivity index (χ4n) is 3.30. The number of nitrogens with one attached hydrogen (secondary N) is 3. The minimum Gasteiger partial charge on any atom is -0.481 e. The molecule has 0 bridgehead atoms. The standard InChI is InChI=1S/C22H40N8O9/c23-10-2-1-5-13(19(36)30-15(21(38)39)7-9-17(33)34)29-20(37)14(6-8-16(31)32)28-18(35)12(24)4-3-11-27-22(25)26/h12-15H,1-11,23-24H2,(H,28,35)(H,29,37)(H,30,36)(H,31,32)(H,33,34)(H,38,39)(H4,25,26,27). The molecule has 0 aliphatic heterocycles. The zero-order chi connectivity index (χ0) is 30.0. The number of amides is 3. The van der Waals surface area contributed by atoms with Gasteiger partial charge < -0.3 is 54.2 Å². The predicted molar refractivity (Wildman–Crippen MR) is 138 cm³/mol. The summed E-state index contributed by atoms with van der Waals surface area (Å²) in [7, 11) is 0. The van der Waals surface area contributed by atoms with Crippen LogP contribution in [0.5, 0.6) is 0 Å². The number of guanidine groups is 1. The van der Waals surface area contributed by atoms with E-state index in [0.717, 1.165) is 0 Å². The third kappa shape index (κ3) is 16.5. The summed E-state index contributed by atoms with van der Waals surface area (Å²) >= 11 is 0. The van der Waals surface area contributed by atoms with E-state index in [1.54, 1.807) is 0 Å². The molecule has 0 heterocycles. The van der Waals surface area contributed by atoms with Gasteiger partial charge in [-0.1, -0.05) is 0 Å². The number of aliphatic imine (C=N–C) groups is 1. The molecule has 0 saturated heterocycles. The molecule has 222 valence electrons. The summed E-state index contributed by atoms with van der Waals surface area (Å²) in [6.07, 6.45) is -0.302. The van der Waals surface area contributed by atoms with Crippen molar-refractivity contribution in [3.63, 3.8) is 0 Å². The molecule has 0 aliphatic carbocycles. The van der Waals surface area contributed by atoms with Crippen molar-refractivity contribution < 1.29 is 44.1 Å². The third-order valence-corrected chi connectivity index (χ3v) is 5.43. The monoisotopic (exact) mass is 560 g/mol. The van der Waals surface area contributed by atoms with Gasteiger partial charge in [0.25, 0.3) is 0 Å². The molecule has 17 heteroatoms. The van der Waals surface area contributed by atoms with Crippen LogP contribution in [0.25, 0.3) is 0 Å². The first kappa shape index (κ1) is 35.0. The fraction of sp³-hybridized carbons (Fsp3) is 0.682. The van der Waals surface area contributed by atoms with Crippen molar-refractivity contribution in [3.8, 4) is 0 Å². The molecule has 0 aromatic rings. The highest BCUT2D eigenvalue weighted by Crippen LogP contribution is 2.07. The third-order valence-electron chi connectivity index (χ3n) is 5.43. The Morgan fingerprint density at radius 1 is 0.667 bits per heavy atom. The molecule has 0 spiro atoms. The van der Waals surface area contributed by atoms with E-state index < -0.39 is 79.1 Å². The minimum atomic E-state index is -1.53. The van der Waals surface area contributed by atoms with Gasteiger partial charge in [0, 0.05) is 19.4 Å². The molecule has 4 unspecified atom stereocenters. The number of hydrogen-bond donors (Lipinski definition) is 10. The molecular formula is C22H40N8O9. The fourth-order valence-corrected chi connectivity index (χ4v) is 3.30. The number of rotatable bonds is 21. The number of nitrogens with zero attached hydrogens (tertiary/aromatic N) is 1. The van der Waals surface area contributed by atoms with Gasteiger partial charge in [0.05, 0.1) is 6.04 Å². The summed E-state index contributed by atoms with van der Waals surface area (Å²) in [6.45, 7) is 0.507. The number of carbonyl (C=O) groups is 6. The van der Waals surface area contributed by atoms with Crippen molar-refractivity contribution in [1.29, 1.82) is 0 Å². The molecule has 39 heavy (non-hydrogen) atoms. The van der Waals surface area contributed by atoms with Crippen LogP contribution >= 0.6 is 0 Å². The molecule has 4 atom stereocenters. The number of hydrogen-bond acceptors (Lipinski definition) is 9. The highest BCUT2D eigenvalue weighted by Gasteiger charge is 2.30. The molecule has 0 rings (SSSR count). The van der Waals surface area contributed by atoms with Crippen molar-refractivity contribution in [2.24, 2.45) is 27.9 Å². The summed E-state index contributed by atoms with van der Waals surface area (Å²) in [5, 5.41) is 34.2. The van der Waals surface area contributed by atoms with Crippen molar-refractivity contribution >= 4 is 41.6 Å². The second-order valence-corrected chi connectivity index (χ2v) is 8.73. The van der Waals surface area contributed by atoms with Crippen molar-refractivity contribution in [2.45, 2.75) is 82.0 Å². The number of carbonyl (C=O) groups excluding carboxylic acids is 3. The molecule has 0 aromatic carbocycles. The molecular weight excluding hydrogens is 520 g/mol. The first-order chi connectivity index (χ1) is 18.3. The number of carboxylic acid groups (broad SMARTS) is 3. The average molecular weight is 561 g/mol. The van der Waals surface area contributed by atoms with Gasteiger partial charge in [-0.15, -0.1) is 0 Å². The van der Waals surface area contributed by atoms with Gasteiger partial charge >= 0.3 is 17.9 Å². The van der Waals surface area contributed by atoms with Gasteiger partial charge in [-0.25, -0.2) is 4.79 Å². The smallest absolute Gasteiger partial charge is 0.326 e. The largest absolute Gasteiger partial charge is 0.481 e. The highest BCUT2D eigenvalue weighted by atomic mass is 16.4. The molecule has 17 nitrogen and oxygen atoms in total. The second kappa shape index (κ2) is 19.1. The molecule has 3 amide bonds. The van der Waals surface area contributed by atoms with Gasteiger partial charge in [-0.3, -0.25) is 29.0 Å². The van der Waals surface area contributed by atoms with Crippen LogP contribution in [0.1, 0.15) is 57.8 Å². The Labute approximate surface area is 225 Å². The van der Waals surface area contributed by atoms with Crippen LogP contribution in [-0.2, 0) is 28.8 Å². The summed E-state index contributed by atoms with van der Waals surface area (Å²) < 4.78 is 0. The van der Waals surface area contributed by atoms with E-state index >= 15 is 0 Å². The summed E-state index contributed by atoms with van der Waals surface area (Å²) in [5.41, 5.74) is 21.8. The van der Waals surface area contributed by atoms with Crippen molar-refractivity contribution in [2.75, 3.05) is 13.1 Å². The van der Waals surface area contributed by atoms with E-state index in [9.17, 15) is 33.9 Å². The number of aliphatic carboxylic acids is 3. The number of nitrogens with two attached hydrogens (primary N) is 4. The zero-order valence-corrected chi connectivity index (χ0v) is 21.6. The Kier molecular flexibility index (Phi) is 17.2. The first-order valence-electron chi connectivity index (χ1n) is 12.4. The molecule has 0 aliphatic rings. The Hall–Kier alpha value is -3.99. The molecule has 0 radical (unpaired) electrons. The Balaban J connectivity index is 5.54. The summed E-state index contributed by atoms with van der Waals surface area (Å²) in [6, 6.07) is -5.23. The number of unbranched alkanes of at least 4 members (excludes halogenated alkanes) is 1. The lowest BCUT2D eigenvalue weighted by molar-refractivity contribution is -0.143. The Bertz CT molecular complexity index is 880. The van der Waals surface area contributed by atoms with Crippen LogP contribution in [0, 0.1) is 0 Å². The van der Waals surface area contributed by atoms with E-state index in [2.05, 4.69) is 20.9 Å². The van der Waals surface area contributed by atoms with Gasteiger partial charge in [-0.05, 0) is 51.5 Å². The quantitative estimate of drug-likeness (QED) is 0.0375.